The van der Waals surface area contributed by atoms with Crippen molar-refractivity contribution in [1.29, 1.82) is 0 Å². The predicted molar refractivity (Wildman–Crippen MR) is 165 cm³/mol. The first-order chi connectivity index (χ1) is 22.9. The number of nitrogen functional groups attached to an aromatic ring is 1. The molecule has 4 aromatic rings. The van der Waals surface area contributed by atoms with E-state index in [-0.39, 0.29) is 47.6 Å². The Bertz CT molecular complexity index is 1860. The van der Waals surface area contributed by atoms with E-state index in [1.807, 2.05) is 0 Å². The van der Waals surface area contributed by atoms with Crippen LogP contribution in [-0.4, -0.2) is 72.8 Å². The number of imidazole rings is 1. The number of nitrogens with two attached hydrogens (primary N) is 1. The van der Waals surface area contributed by atoms with E-state index in [0.717, 1.165) is 15.6 Å². The Kier molecular flexibility index (Phi) is 10.1. The van der Waals surface area contributed by atoms with Crippen molar-refractivity contribution in [1.82, 2.24) is 24.2 Å². The van der Waals surface area contributed by atoms with Crippen molar-refractivity contribution in [2.45, 2.75) is 50.1 Å². The Morgan fingerprint density at radius 2 is 1.85 bits per heavy atom. The summed E-state index contributed by atoms with van der Waals surface area (Å²) in [6.07, 6.45) is -5.40. The minimum atomic E-state index is -5.57. The van der Waals surface area contributed by atoms with Crippen LogP contribution in [0.2, 0.25) is 5.28 Å². The number of aromatic nitrogens is 4. The van der Waals surface area contributed by atoms with Crippen molar-refractivity contribution >= 4 is 50.1 Å². The summed E-state index contributed by atoms with van der Waals surface area (Å²) < 4.78 is 71.6. The summed E-state index contributed by atoms with van der Waals surface area (Å²) in [5.74, 6) is -0.853. The van der Waals surface area contributed by atoms with Gasteiger partial charge < -0.3 is 34.3 Å². The van der Waals surface area contributed by atoms with E-state index in [1.165, 1.54) is 12.1 Å². The summed E-state index contributed by atoms with van der Waals surface area (Å²) in [6.45, 7) is -1.06. The monoisotopic (exact) mass is 725 g/mol. The maximum atomic E-state index is 15.3. The number of rotatable bonds is 12. The number of anilines is 1. The number of nitrogens with zero attached hydrogens (tertiary/aromatic N) is 5. The second-order valence-electron chi connectivity index (χ2n) is 10.8. The van der Waals surface area contributed by atoms with E-state index in [4.69, 9.17) is 40.2 Å². The van der Waals surface area contributed by atoms with Crippen LogP contribution in [0.25, 0.3) is 11.2 Å². The van der Waals surface area contributed by atoms with Crippen LogP contribution >= 0.6 is 27.2 Å². The first kappa shape index (κ1) is 34.4. The van der Waals surface area contributed by atoms with Gasteiger partial charge in [-0.25, -0.2) is 18.3 Å². The first-order valence-electron chi connectivity index (χ1n) is 14.6. The number of ether oxygens (including phenoxy) is 2. The van der Waals surface area contributed by atoms with Gasteiger partial charge in [0.25, 0.3) is 7.82 Å². The molecule has 0 radical (unpaired) electrons. The van der Waals surface area contributed by atoms with Crippen molar-refractivity contribution in [3.63, 3.8) is 0 Å². The van der Waals surface area contributed by atoms with Crippen molar-refractivity contribution in [2.24, 2.45) is 0 Å². The average molecular weight is 726 g/mol. The number of carbonyl (C=O) groups is 1. The topological polar surface area (TPSA) is 214 Å². The smallest absolute Gasteiger partial charge is 0.468 e. The lowest BCUT2D eigenvalue weighted by atomic mass is 10.1. The van der Waals surface area contributed by atoms with Gasteiger partial charge in [0.15, 0.2) is 23.9 Å². The molecule has 2 aliphatic rings. The molecule has 0 aliphatic carbocycles. The van der Waals surface area contributed by atoms with Crippen LogP contribution in [0, 0.1) is 0 Å². The number of phosphoric ester groups is 1. The molecule has 16 nitrogen and oxygen atoms in total. The molecule has 2 saturated heterocycles. The molecule has 20 heteroatoms. The number of hydrogen-bond donors (Lipinski definition) is 2. The zero-order valence-electron chi connectivity index (χ0n) is 24.9. The highest BCUT2D eigenvalue weighted by Crippen LogP contribution is 2.64. The molecule has 0 amide bonds. The second kappa shape index (κ2) is 14.2. The lowest BCUT2D eigenvalue weighted by Gasteiger charge is -2.34. The lowest BCUT2D eigenvalue weighted by molar-refractivity contribution is -0.221. The van der Waals surface area contributed by atoms with Gasteiger partial charge in [0.1, 0.15) is 36.1 Å². The molecule has 4 heterocycles. The third kappa shape index (κ3) is 7.39. The Hall–Kier alpha value is -3.50. The van der Waals surface area contributed by atoms with E-state index in [1.54, 1.807) is 48.5 Å². The van der Waals surface area contributed by atoms with Crippen molar-refractivity contribution < 1.29 is 51.1 Å². The number of halogens is 2. The molecule has 7 atom stereocenters. The highest BCUT2D eigenvalue weighted by Gasteiger charge is 2.50. The molecule has 256 valence electrons. The Morgan fingerprint density at radius 1 is 1.15 bits per heavy atom. The zero-order valence-corrected chi connectivity index (χ0v) is 27.4. The van der Waals surface area contributed by atoms with Crippen LogP contribution in [0.4, 0.5) is 10.2 Å². The molecule has 2 fully saturated rings. The van der Waals surface area contributed by atoms with E-state index >= 15 is 4.39 Å². The number of esters is 1. The molecule has 48 heavy (non-hydrogen) atoms. The molecule has 2 aliphatic heterocycles. The first-order valence-corrected chi connectivity index (χ1v) is 17.9. The maximum absolute atomic E-state index is 15.3. The Morgan fingerprint density at radius 3 is 2.58 bits per heavy atom. The number of phosphoric acid groups is 1. The highest BCUT2D eigenvalue weighted by atomic mass is 35.5. The van der Waals surface area contributed by atoms with Crippen molar-refractivity contribution in [3.8, 4) is 5.75 Å². The number of alkyl halides is 1. The van der Waals surface area contributed by atoms with Gasteiger partial charge in [-0.1, -0.05) is 48.5 Å². The van der Waals surface area contributed by atoms with Gasteiger partial charge in [-0.15, -0.1) is 0 Å². The Balaban J connectivity index is 1.17. The maximum Gasteiger partial charge on any atom is 0.468 e. The largest absolute Gasteiger partial charge is 0.756 e. The van der Waals surface area contributed by atoms with Crippen LogP contribution in [0.1, 0.15) is 24.6 Å². The fourth-order valence-corrected chi connectivity index (χ4v) is 8.96. The van der Waals surface area contributed by atoms with E-state index in [2.05, 4.69) is 15.0 Å². The molecule has 2 aromatic carbocycles. The molecule has 0 bridgehead atoms. The normalized spacial score (nSPS) is 25.5. The van der Waals surface area contributed by atoms with Crippen LogP contribution in [0.5, 0.6) is 5.75 Å². The second-order valence-corrected chi connectivity index (χ2v) is 14.6. The summed E-state index contributed by atoms with van der Waals surface area (Å²) in [4.78, 5) is 38.1. The number of carbonyl (C=O) groups excluding carboxylic acids is 1. The Labute approximate surface area is 277 Å². The van der Waals surface area contributed by atoms with Gasteiger partial charge in [0, 0.05) is 6.54 Å². The summed E-state index contributed by atoms with van der Waals surface area (Å²) in [7, 11) is -10.5. The van der Waals surface area contributed by atoms with Crippen LogP contribution in [0.3, 0.4) is 0 Å². The fraction of sp³-hybridized carbons (Fsp3) is 0.357. The standard InChI is InChI=1S/C28H30ClFN6O10P2/c29-28-33-24(31)22-25(34-28)35(16-32-22)26-21(30)23(37)20(44-26)15-43-48(40,41)46-47(39,45-18-10-5-2-6-11-18)36-13-7-12-19(36)27(38)42-14-17-8-3-1-4-9-17/h1-6,8-11,16,19-21,23,26,37H,7,12-15H2,(H,40,41)(H2,31,33,34)/p-1/t19?,20-,21?,23+,26-,47?/m1/s1. The van der Waals surface area contributed by atoms with Crippen LogP contribution in [0.15, 0.2) is 67.0 Å². The van der Waals surface area contributed by atoms with Gasteiger partial charge in [0.2, 0.25) is 5.28 Å². The van der Waals surface area contributed by atoms with Gasteiger partial charge >= 0.3 is 13.7 Å². The predicted octanol–water partition coefficient (Wildman–Crippen LogP) is 3.55. The minimum Gasteiger partial charge on any atom is -0.756 e. The number of benzene rings is 2. The molecule has 6 rings (SSSR count). The third-order valence-corrected chi connectivity index (χ3v) is 11.4. The third-order valence-electron chi connectivity index (χ3n) is 7.59. The SMILES string of the molecule is Nc1nc(Cl)nc2c1ncn2[C@@H]1O[C@H](COP(=O)([O-])OP(=O)(Oc2ccccc2)N2CCCC2C(=O)OCc2ccccc2)[C@H](O)C1F. The number of hydrogen-bond acceptors (Lipinski definition) is 14. The minimum absolute atomic E-state index is 0.00760. The van der Waals surface area contributed by atoms with Crippen LogP contribution in [-0.2, 0) is 38.8 Å². The van der Waals surface area contributed by atoms with E-state index in [0.29, 0.717) is 12.0 Å². The molecular formula is C28H29ClFN6O10P2-. The number of para-hydroxylation sites is 1. The van der Waals surface area contributed by atoms with Gasteiger partial charge in [-0.05, 0) is 42.1 Å². The molecule has 0 saturated carbocycles. The van der Waals surface area contributed by atoms with Crippen molar-refractivity contribution in [2.75, 3.05) is 18.9 Å². The highest BCUT2D eigenvalue weighted by molar-refractivity contribution is 7.62. The number of aliphatic hydroxyl groups excluding tert-OH is 1. The van der Waals surface area contributed by atoms with Gasteiger partial charge in [-0.3, -0.25) is 13.9 Å². The molecule has 4 unspecified atom stereocenters. The summed E-state index contributed by atoms with van der Waals surface area (Å²) in [6, 6.07) is 15.3. The molecular weight excluding hydrogens is 697 g/mol. The number of fused-ring (bicyclic) bond motifs is 1. The molecule has 0 spiro atoms. The average Bonchev–Trinajstić information content (AvgIpc) is 3.78. The fourth-order valence-electron chi connectivity index (χ4n) is 5.32. The van der Waals surface area contributed by atoms with Gasteiger partial charge in [0.05, 0.1) is 12.9 Å². The summed E-state index contributed by atoms with van der Waals surface area (Å²) >= 11 is 5.88. The summed E-state index contributed by atoms with van der Waals surface area (Å²) in [5, 5.41) is 10.3. The summed E-state index contributed by atoms with van der Waals surface area (Å²) in [5.41, 5.74) is 6.62. The molecule has 3 N–H and O–H groups in total. The van der Waals surface area contributed by atoms with E-state index in [9.17, 15) is 23.9 Å². The van der Waals surface area contributed by atoms with Gasteiger partial charge in [-0.2, -0.15) is 14.6 Å². The molecule has 2 aromatic heterocycles. The van der Waals surface area contributed by atoms with Crippen LogP contribution < -0.4 is 15.2 Å². The van der Waals surface area contributed by atoms with E-state index < -0.39 is 58.8 Å². The quantitative estimate of drug-likeness (QED) is 0.121. The number of aliphatic hydroxyl groups is 1. The lowest BCUT2D eigenvalue weighted by Crippen LogP contribution is -2.37. The van der Waals surface area contributed by atoms with Crippen molar-refractivity contribution in [3.05, 3.63) is 77.8 Å². The zero-order chi connectivity index (χ0) is 34.1.